The van der Waals surface area contributed by atoms with Gasteiger partial charge in [-0.3, -0.25) is 0 Å². The van der Waals surface area contributed by atoms with Gasteiger partial charge in [-0.15, -0.1) is 0 Å². The number of halogens is 3. The molecule has 4 rings (SSSR count). The maximum Gasteiger partial charge on any atom is 0.416 e. The fourth-order valence-corrected chi connectivity index (χ4v) is 5.42. The van der Waals surface area contributed by atoms with E-state index in [-0.39, 0.29) is 4.90 Å². The van der Waals surface area contributed by atoms with E-state index in [1.54, 1.807) is 19.2 Å². The minimum Gasteiger partial charge on any atom is -0.439 e. The quantitative estimate of drug-likeness (QED) is 0.420. The number of morpholine rings is 1. The lowest BCUT2D eigenvalue weighted by molar-refractivity contribution is -0.137. The first-order valence-corrected chi connectivity index (χ1v) is 13.3. The zero-order valence-corrected chi connectivity index (χ0v) is 21.3. The first-order chi connectivity index (χ1) is 17.6. The molecule has 1 aromatic heterocycles. The Hall–Kier alpha value is -3.15. The predicted octanol–water partition coefficient (Wildman–Crippen LogP) is 5.33. The molecule has 198 valence electrons. The minimum atomic E-state index is -4.55. The Morgan fingerprint density at radius 3 is 2.46 bits per heavy atom. The van der Waals surface area contributed by atoms with Crippen LogP contribution in [0.15, 0.2) is 65.7 Å². The van der Waals surface area contributed by atoms with Crippen LogP contribution in [0.5, 0.6) is 11.6 Å². The summed E-state index contributed by atoms with van der Waals surface area (Å²) in [4.78, 5) is 6.33. The summed E-state index contributed by atoms with van der Waals surface area (Å²) in [5, 5.41) is 0. The van der Waals surface area contributed by atoms with Crippen molar-refractivity contribution in [2.75, 3.05) is 31.2 Å². The number of hydrogen-bond acceptors (Lipinski definition) is 6. The molecule has 1 aliphatic heterocycles. The second-order valence-corrected chi connectivity index (χ2v) is 10.3. The normalized spacial score (nSPS) is 15.4. The van der Waals surface area contributed by atoms with Gasteiger partial charge in [0.25, 0.3) is 0 Å². The number of rotatable bonds is 8. The van der Waals surface area contributed by atoms with E-state index < -0.39 is 27.8 Å². The first-order valence-electron chi connectivity index (χ1n) is 11.9. The molecule has 1 aliphatic rings. The monoisotopic (exact) mass is 535 g/mol. The molecule has 0 radical (unpaired) electrons. The van der Waals surface area contributed by atoms with Crippen LogP contribution in [0.1, 0.15) is 36.6 Å². The highest BCUT2D eigenvalue weighted by Gasteiger charge is 2.31. The van der Waals surface area contributed by atoms with E-state index in [1.165, 1.54) is 0 Å². The summed E-state index contributed by atoms with van der Waals surface area (Å²) >= 11 is 0. The molecule has 1 saturated heterocycles. The van der Waals surface area contributed by atoms with Crippen molar-refractivity contribution in [3.8, 4) is 11.6 Å². The van der Waals surface area contributed by atoms with Gasteiger partial charge in [0, 0.05) is 42.6 Å². The summed E-state index contributed by atoms with van der Waals surface area (Å²) in [5.41, 5.74) is 1.48. The van der Waals surface area contributed by atoms with Gasteiger partial charge in [-0.25, -0.2) is 18.1 Å². The van der Waals surface area contributed by atoms with Crippen LogP contribution in [0.3, 0.4) is 0 Å². The maximum atomic E-state index is 12.9. The molecule has 2 aromatic carbocycles. The fraction of sp³-hybridized carbons (Fsp3) is 0.346. The van der Waals surface area contributed by atoms with Crippen LogP contribution in [0.4, 0.5) is 18.9 Å². The second kappa shape index (κ2) is 11.1. The zero-order chi connectivity index (χ0) is 26.6. The molecule has 1 atom stereocenters. The predicted molar refractivity (Wildman–Crippen MR) is 133 cm³/mol. The van der Waals surface area contributed by atoms with E-state index in [9.17, 15) is 21.6 Å². The molecule has 11 heteroatoms. The topological polar surface area (TPSA) is 80.8 Å². The minimum absolute atomic E-state index is 0.254. The van der Waals surface area contributed by atoms with Crippen molar-refractivity contribution in [3.05, 3.63) is 77.5 Å². The van der Waals surface area contributed by atoms with Crippen molar-refractivity contribution in [1.29, 1.82) is 0 Å². The lowest BCUT2D eigenvalue weighted by Crippen LogP contribution is -2.36. The van der Waals surface area contributed by atoms with Crippen LogP contribution in [-0.4, -0.2) is 39.7 Å². The molecule has 0 aliphatic carbocycles. The van der Waals surface area contributed by atoms with Gasteiger partial charge in [0.2, 0.25) is 15.9 Å². The smallest absolute Gasteiger partial charge is 0.416 e. The molecule has 0 saturated carbocycles. The van der Waals surface area contributed by atoms with Gasteiger partial charge in [0.1, 0.15) is 5.75 Å². The third-order valence-electron chi connectivity index (χ3n) is 6.10. The van der Waals surface area contributed by atoms with Crippen molar-refractivity contribution >= 4 is 15.7 Å². The summed E-state index contributed by atoms with van der Waals surface area (Å²) in [6.45, 7) is 6.47. The molecular weight excluding hydrogens is 507 g/mol. The number of nitrogens with one attached hydrogen (secondary N) is 1. The molecule has 1 unspecified atom stereocenters. The number of ether oxygens (including phenoxy) is 2. The van der Waals surface area contributed by atoms with Gasteiger partial charge in [-0.1, -0.05) is 13.0 Å². The molecule has 0 spiro atoms. The van der Waals surface area contributed by atoms with E-state index in [4.69, 9.17) is 9.47 Å². The number of benzene rings is 2. The van der Waals surface area contributed by atoms with E-state index in [0.717, 1.165) is 48.6 Å². The highest BCUT2D eigenvalue weighted by atomic mass is 32.2. The summed E-state index contributed by atoms with van der Waals surface area (Å²) in [7, 11) is -4.08. The average molecular weight is 536 g/mol. The highest BCUT2D eigenvalue weighted by Crippen LogP contribution is 2.33. The number of aromatic nitrogens is 1. The van der Waals surface area contributed by atoms with E-state index in [2.05, 4.69) is 14.6 Å². The molecule has 37 heavy (non-hydrogen) atoms. The van der Waals surface area contributed by atoms with Crippen molar-refractivity contribution in [1.82, 2.24) is 9.71 Å². The van der Waals surface area contributed by atoms with E-state index in [0.29, 0.717) is 36.8 Å². The Balaban J connectivity index is 1.54. The molecule has 7 nitrogen and oxygen atoms in total. The fourth-order valence-electron chi connectivity index (χ4n) is 4.20. The first kappa shape index (κ1) is 26.9. The molecule has 2 heterocycles. The third-order valence-corrected chi connectivity index (χ3v) is 7.66. The van der Waals surface area contributed by atoms with Gasteiger partial charge >= 0.3 is 6.18 Å². The molecule has 3 aromatic rings. The van der Waals surface area contributed by atoms with Gasteiger partial charge in [-0.2, -0.15) is 13.2 Å². The van der Waals surface area contributed by atoms with Crippen LogP contribution < -0.4 is 14.4 Å². The molecule has 0 bridgehead atoms. The molecular formula is C26H28F3N3O4S. The maximum absolute atomic E-state index is 12.9. The average Bonchev–Trinajstić information content (AvgIpc) is 2.88. The van der Waals surface area contributed by atoms with Crippen LogP contribution in [-0.2, 0) is 27.4 Å². The summed E-state index contributed by atoms with van der Waals surface area (Å²) in [6, 6.07) is 12.1. The van der Waals surface area contributed by atoms with Gasteiger partial charge in [-0.05, 0) is 61.4 Å². The number of sulfonamides is 1. The van der Waals surface area contributed by atoms with Crippen LogP contribution in [0.2, 0.25) is 0 Å². The lowest BCUT2D eigenvalue weighted by Gasteiger charge is -2.29. The summed E-state index contributed by atoms with van der Waals surface area (Å²) in [6.07, 6.45) is -2.49. The number of alkyl halides is 3. The second-order valence-electron chi connectivity index (χ2n) is 8.60. The Bertz CT molecular complexity index is 1330. The number of hydrogen-bond donors (Lipinski definition) is 1. The van der Waals surface area contributed by atoms with Crippen molar-refractivity contribution in [3.63, 3.8) is 0 Å². The lowest BCUT2D eigenvalue weighted by atomic mass is 10.0. The summed E-state index contributed by atoms with van der Waals surface area (Å²) in [5.74, 6) is 0.959. The van der Waals surface area contributed by atoms with Crippen molar-refractivity contribution in [2.45, 2.75) is 37.4 Å². The van der Waals surface area contributed by atoms with E-state index in [1.807, 2.05) is 31.2 Å². The number of anilines is 1. The highest BCUT2D eigenvalue weighted by molar-refractivity contribution is 7.89. The molecule has 1 N–H and O–H groups in total. The Morgan fingerprint density at radius 1 is 1.11 bits per heavy atom. The Morgan fingerprint density at radius 2 is 1.81 bits per heavy atom. The van der Waals surface area contributed by atoms with Gasteiger partial charge in [0.15, 0.2) is 0 Å². The molecule has 1 fully saturated rings. The number of pyridine rings is 1. The zero-order valence-electron chi connectivity index (χ0n) is 20.5. The van der Waals surface area contributed by atoms with E-state index >= 15 is 0 Å². The Labute approximate surface area is 214 Å². The van der Waals surface area contributed by atoms with Crippen molar-refractivity contribution in [2.24, 2.45) is 0 Å². The van der Waals surface area contributed by atoms with Crippen LogP contribution >= 0.6 is 0 Å². The van der Waals surface area contributed by atoms with Crippen LogP contribution in [0.25, 0.3) is 0 Å². The van der Waals surface area contributed by atoms with Gasteiger partial charge in [0.05, 0.1) is 23.7 Å². The Kier molecular flexibility index (Phi) is 8.05. The standard InChI is InChI=1S/C26H28F3N3O4S/c1-3-23-24(18(2)31-37(33,34)22-9-7-19(8-10-22)26(27,28)29)11-12-30-25(23)36-21-6-4-5-20(17-21)32-13-15-35-16-14-32/h4-12,17-18,31H,3,13-16H2,1-2H3. The van der Waals surface area contributed by atoms with Crippen LogP contribution in [0, 0.1) is 0 Å². The van der Waals surface area contributed by atoms with Gasteiger partial charge < -0.3 is 14.4 Å². The third kappa shape index (κ3) is 6.41. The number of nitrogens with zero attached hydrogens (tertiary/aromatic N) is 2. The van der Waals surface area contributed by atoms with Crippen molar-refractivity contribution < 1.29 is 31.1 Å². The summed E-state index contributed by atoms with van der Waals surface area (Å²) < 4.78 is 78.4. The SMILES string of the molecule is CCc1c(C(C)NS(=O)(=O)c2ccc(C(F)(F)F)cc2)ccnc1Oc1cccc(N2CCOCC2)c1. The largest absolute Gasteiger partial charge is 0.439 e. The molecule has 0 amide bonds.